The van der Waals surface area contributed by atoms with E-state index in [9.17, 15) is 9.90 Å². The minimum absolute atomic E-state index is 0.395. The summed E-state index contributed by atoms with van der Waals surface area (Å²) in [4.78, 5) is 12.9. The van der Waals surface area contributed by atoms with E-state index in [0.717, 1.165) is 21.6 Å². The van der Waals surface area contributed by atoms with Gasteiger partial charge in [-0.3, -0.25) is 0 Å². The Balaban J connectivity index is 1.73. The highest BCUT2D eigenvalue weighted by atomic mass is 32.1. The lowest BCUT2D eigenvalue weighted by atomic mass is 9.65. The van der Waals surface area contributed by atoms with Gasteiger partial charge in [-0.05, 0) is 46.4 Å². The number of rotatable bonds is 6. The van der Waals surface area contributed by atoms with E-state index in [2.05, 4.69) is 97.1 Å². The number of carboxylic acid groups (broad SMARTS) is 1. The summed E-state index contributed by atoms with van der Waals surface area (Å²) in [6.07, 6.45) is 0. The van der Waals surface area contributed by atoms with Crippen molar-refractivity contribution >= 4 is 17.3 Å². The summed E-state index contributed by atoms with van der Waals surface area (Å²) in [6.45, 7) is 1.85. The van der Waals surface area contributed by atoms with Gasteiger partial charge in [0.25, 0.3) is 0 Å². The van der Waals surface area contributed by atoms with Crippen LogP contribution in [-0.4, -0.2) is 11.1 Å². The first-order valence-electron chi connectivity index (χ1n) is 11.2. The van der Waals surface area contributed by atoms with Crippen LogP contribution in [0.2, 0.25) is 0 Å². The van der Waals surface area contributed by atoms with Crippen LogP contribution in [0.4, 0.5) is 0 Å². The summed E-state index contributed by atoms with van der Waals surface area (Å²) in [7, 11) is 0. The fourth-order valence-corrected chi connectivity index (χ4v) is 5.80. The maximum atomic E-state index is 11.5. The summed E-state index contributed by atoms with van der Waals surface area (Å²) in [6, 6.07) is 42.4. The molecule has 166 valence electrons. The quantitative estimate of drug-likeness (QED) is 0.262. The van der Waals surface area contributed by atoms with Crippen LogP contribution < -0.4 is 0 Å². The summed E-state index contributed by atoms with van der Waals surface area (Å²) >= 11 is 1.32. The molecule has 0 unspecified atom stereocenters. The molecule has 2 nitrogen and oxygen atoms in total. The number of carbonyl (C=O) groups is 1. The molecule has 5 rings (SSSR count). The van der Waals surface area contributed by atoms with Gasteiger partial charge in [-0.15, -0.1) is 11.3 Å². The van der Waals surface area contributed by atoms with Gasteiger partial charge in [0.05, 0.1) is 5.41 Å². The highest BCUT2D eigenvalue weighted by Gasteiger charge is 2.38. The fraction of sp³-hybridized carbons (Fsp3) is 0.0645. The number of aryl methyl sites for hydroxylation is 1. The van der Waals surface area contributed by atoms with Crippen LogP contribution >= 0.6 is 11.3 Å². The maximum absolute atomic E-state index is 11.5. The van der Waals surface area contributed by atoms with Crippen molar-refractivity contribution in [3.05, 3.63) is 154 Å². The van der Waals surface area contributed by atoms with E-state index >= 15 is 0 Å². The van der Waals surface area contributed by atoms with Crippen molar-refractivity contribution in [3.63, 3.8) is 0 Å². The molecule has 0 aliphatic carbocycles. The van der Waals surface area contributed by atoms with Crippen molar-refractivity contribution in [1.82, 2.24) is 0 Å². The predicted molar refractivity (Wildman–Crippen MR) is 140 cm³/mol. The molecule has 0 fully saturated rings. The van der Waals surface area contributed by atoms with Crippen molar-refractivity contribution in [3.8, 4) is 10.4 Å². The number of thiophene rings is 1. The summed E-state index contributed by atoms with van der Waals surface area (Å²) < 4.78 is 0. The molecule has 5 aromatic rings. The zero-order valence-corrected chi connectivity index (χ0v) is 19.6. The SMILES string of the molecule is Cc1cc(-c2ccc(C(c3ccccc3)(c3ccccc3)c3ccccc3)cc2)sc1C(=O)O. The first kappa shape index (κ1) is 21.9. The molecule has 4 aromatic carbocycles. The molecule has 0 amide bonds. The lowest BCUT2D eigenvalue weighted by molar-refractivity contribution is 0.0701. The molecule has 0 spiro atoms. The molecule has 1 heterocycles. The van der Waals surface area contributed by atoms with Crippen LogP contribution in [0.3, 0.4) is 0 Å². The van der Waals surface area contributed by atoms with E-state index in [1.807, 2.05) is 31.2 Å². The molecular formula is C31H24O2S. The van der Waals surface area contributed by atoms with Crippen molar-refractivity contribution in [2.75, 3.05) is 0 Å². The van der Waals surface area contributed by atoms with Gasteiger partial charge >= 0.3 is 5.97 Å². The van der Waals surface area contributed by atoms with Gasteiger partial charge in [0.2, 0.25) is 0 Å². The molecule has 1 N–H and O–H groups in total. The Morgan fingerprint density at radius 3 is 1.44 bits per heavy atom. The molecular weight excluding hydrogens is 436 g/mol. The molecule has 0 atom stereocenters. The topological polar surface area (TPSA) is 37.3 Å². The van der Waals surface area contributed by atoms with Crippen LogP contribution in [0, 0.1) is 6.92 Å². The summed E-state index contributed by atoms with van der Waals surface area (Å²) in [5.74, 6) is -0.874. The fourth-order valence-electron chi connectivity index (χ4n) is 4.79. The molecule has 0 saturated carbocycles. The number of aromatic carboxylic acids is 1. The largest absolute Gasteiger partial charge is 0.477 e. The van der Waals surface area contributed by atoms with Crippen molar-refractivity contribution < 1.29 is 9.90 Å². The second-order valence-electron chi connectivity index (χ2n) is 8.35. The Morgan fingerprint density at radius 2 is 1.06 bits per heavy atom. The third-order valence-electron chi connectivity index (χ3n) is 6.33. The summed E-state index contributed by atoms with van der Waals surface area (Å²) in [5.41, 5.74) is 6.07. The predicted octanol–water partition coefficient (Wildman–Crippen LogP) is 7.80. The minimum atomic E-state index is -0.874. The van der Waals surface area contributed by atoms with Crippen LogP contribution in [-0.2, 0) is 5.41 Å². The van der Waals surface area contributed by atoms with E-state index in [1.165, 1.54) is 28.0 Å². The van der Waals surface area contributed by atoms with Gasteiger partial charge in [0.15, 0.2) is 0 Å². The van der Waals surface area contributed by atoms with Crippen molar-refractivity contribution in [1.29, 1.82) is 0 Å². The maximum Gasteiger partial charge on any atom is 0.346 e. The van der Waals surface area contributed by atoms with Gasteiger partial charge < -0.3 is 5.11 Å². The second kappa shape index (κ2) is 9.12. The first-order chi connectivity index (χ1) is 16.6. The Morgan fingerprint density at radius 1 is 0.647 bits per heavy atom. The van der Waals surface area contributed by atoms with E-state index < -0.39 is 11.4 Å². The normalized spacial score (nSPS) is 11.3. The van der Waals surface area contributed by atoms with Crippen LogP contribution in [0.25, 0.3) is 10.4 Å². The van der Waals surface area contributed by atoms with Crippen molar-refractivity contribution in [2.24, 2.45) is 0 Å². The Hall–Kier alpha value is -3.95. The average Bonchev–Trinajstić information content (AvgIpc) is 3.29. The van der Waals surface area contributed by atoms with Gasteiger partial charge in [-0.1, -0.05) is 115 Å². The number of hydrogen-bond acceptors (Lipinski definition) is 2. The van der Waals surface area contributed by atoms with Crippen LogP contribution in [0.1, 0.15) is 37.5 Å². The van der Waals surface area contributed by atoms with E-state index in [-0.39, 0.29) is 0 Å². The number of benzene rings is 4. The molecule has 1 aromatic heterocycles. The van der Waals surface area contributed by atoms with Gasteiger partial charge in [-0.2, -0.15) is 0 Å². The smallest absolute Gasteiger partial charge is 0.346 e. The van der Waals surface area contributed by atoms with Crippen LogP contribution in [0.5, 0.6) is 0 Å². The molecule has 0 aliphatic rings. The Kier molecular flexibility index (Phi) is 5.87. The first-order valence-corrected chi connectivity index (χ1v) is 12.0. The molecule has 34 heavy (non-hydrogen) atoms. The van der Waals surface area contributed by atoms with E-state index in [1.54, 1.807) is 0 Å². The highest BCUT2D eigenvalue weighted by molar-refractivity contribution is 7.17. The number of carboxylic acids is 1. The Bertz CT molecular complexity index is 1310. The molecule has 3 heteroatoms. The van der Waals surface area contributed by atoms with Gasteiger partial charge in [0, 0.05) is 4.88 Å². The molecule has 0 saturated heterocycles. The average molecular weight is 461 g/mol. The Labute approximate surface area is 203 Å². The molecule has 0 aliphatic heterocycles. The van der Waals surface area contributed by atoms with Gasteiger partial charge in [-0.25, -0.2) is 4.79 Å². The van der Waals surface area contributed by atoms with E-state index in [0.29, 0.717) is 4.88 Å². The zero-order valence-electron chi connectivity index (χ0n) is 18.8. The lowest BCUT2D eigenvalue weighted by Gasteiger charge is -2.37. The standard InChI is InChI=1S/C31H24O2S/c1-22-21-28(34-29(22)30(32)33)23-17-19-27(20-18-23)31(24-11-5-2-6-12-24,25-13-7-3-8-14-25)26-15-9-4-10-16-26/h2-21H,1H3,(H,32,33). The monoisotopic (exact) mass is 460 g/mol. The zero-order chi connectivity index (χ0) is 23.5. The lowest BCUT2D eigenvalue weighted by Crippen LogP contribution is -2.30. The summed E-state index contributed by atoms with van der Waals surface area (Å²) in [5, 5.41) is 9.47. The molecule has 0 bridgehead atoms. The molecule has 0 radical (unpaired) electrons. The third kappa shape index (κ3) is 3.74. The van der Waals surface area contributed by atoms with Gasteiger partial charge in [0.1, 0.15) is 4.88 Å². The van der Waals surface area contributed by atoms with Crippen LogP contribution in [0.15, 0.2) is 121 Å². The highest BCUT2D eigenvalue weighted by Crippen LogP contribution is 2.45. The minimum Gasteiger partial charge on any atom is -0.477 e. The number of hydrogen-bond donors (Lipinski definition) is 1. The van der Waals surface area contributed by atoms with Crippen molar-refractivity contribution in [2.45, 2.75) is 12.3 Å². The van der Waals surface area contributed by atoms with E-state index in [4.69, 9.17) is 0 Å². The second-order valence-corrected chi connectivity index (χ2v) is 9.41. The third-order valence-corrected chi connectivity index (χ3v) is 7.61.